The molecule has 5 heteroatoms. The van der Waals surface area contributed by atoms with Crippen molar-refractivity contribution < 1.29 is 18.0 Å². The lowest BCUT2D eigenvalue weighted by Crippen LogP contribution is -2.30. The number of ketones is 1. The highest BCUT2D eigenvalue weighted by Crippen LogP contribution is 2.22. The van der Waals surface area contributed by atoms with Crippen LogP contribution in [-0.2, 0) is 4.79 Å². The van der Waals surface area contributed by atoms with Crippen molar-refractivity contribution in [2.24, 2.45) is 0 Å². The van der Waals surface area contributed by atoms with Crippen molar-refractivity contribution >= 4 is 21.7 Å². The lowest BCUT2D eigenvalue weighted by molar-refractivity contribution is -0.170. The fourth-order valence-electron chi connectivity index (χ4n) is 0.363. The van der Waals surface area contributed by atoms with Gasteiger partial charge >= 0.3 is 6.18 Å². The highest BCUT2D eigenvalue weighted by molar-refractivity contribution is 9.10. The molecule has 0 radical (unpaired) electrons. The monoisotopic (exact) mass is 218 g/mol. The molecule has 0 aromatic carbocycles. The minimum Gasteiger partial charge on any atom is -0.288 e. The summed E-state index contributed by atoms with van der Waals surface area (Å²) >= 11 is 2.61. The van der Waals surface area contributed by atoms with Crippen LogP contribution in [0.4, 0.5) is 13.2 Å². The van der Waals surface area contributed by atoms with Gasteiger partial charge in [0.05, 0.1) is 4.83 Å². The smallest absolute Gasteiger partial charge is 0.288 e. The molecule has 0 rings (SSSR count). The Morgan fingerprint density at radius 2 is 2.00 bits per heavy atom. The number of carbonyl (C=O) groups excluding carboxylic acids is 1. The second-order valence-corrected chi connectivity index (χ2v) is 2.84. The van der Waals surface area contributed by atoms with Crippen LogP contribution in [0, 0.1) is 0 Å². The van der Waals surface area contributed by atoms with Gasteiger partial charge < -0.3 is 0 Å². The maximum Gasteiger partial charge on any atom is 0.451 e. The zero-order valence-corrected chi connectivity index (χ0v) is 6.79. The van der Waals surface area contributed by atoms with Crippen LogP contribution in [0.3, 0.4) is 0 Å². The second kappa shape index (κ2) is 3.37. The maximum absolute atomic E-state index is 11.5. The minimum atomic E-state index is -4.70. The first-order valence-corrected chi connectivity index (χ1v) is 3.56. The summed E-state index contributed by atoms with van der Waals surface area (Å²) in [6.45, 7) is 1.50. The van der Waals surface area contributed by atoms with Crippen molar-refractivity contribution in [1.82, 2.24) is 0 Å². The predicted molar refractivity (Wildman–Crippen MR) is 34.1 cm³/mol. The van der Waals surface area contributed by atoms with Crippen molar-refractivity contribution in [2.75, 3.05) is 0 Å². The number of alkyl halides is 4. The van der Waals surface area contributed by atoms with E-state index >= 15 is 0 Å². The van der Waals surface area contributed by atoms with Gasteiger partial charge in [-0.2, -0.15) is 13.2 Å². The Hall–Kier alpha value is -0.0600. The Balaban J connectivity index is 4.09. The standard InChI is InChI=1S/C5H6BrF3O/c1-2-3(6)4(10)5(7,8)9/h3H,2H2,1H3/t3-/m0/s1. The van der Waals surface area contributed by atoms with E-state index in [9.17, 15) is 18.0 Å². The SMILES string of the molecule is CC[C@H](Br)C(=O)C(F)(F)F. The lowest BCUT2D eigenvalue weighted by atomic mass is 10.2. The van der Waals surface area contributed by atoms with E-state index in [2.05, 4.69) is 15.9 Å². The molecule has 1 atom stereocenters. The van der Waals surface area contributed by atoms with E-state index in [0.717, 1.165) is 0 Å². The first-order chi connectivity index (χ1) is 4.39. The van der Waals surface area contributed by atoms with E-state index < -0.39 is 16.8 Å². The van der Waals surface area contributed by atoms with Crippen LogP contribution >= 0.6 is 15.9 Å². The van der Waals surface area contributed by atoms with Gasteiger partial charge in [0.15, 0.2) is 0 Å². The molecule has 0 aliphatic carbocycles. The zero-order chi connectivity index (χ0) is 8.36. The molecule has 0 aromatic rings. The number of rotatable bonds is 2. The molecule has 0 saturated carbocycles. The minimum absolute atomic E-state index is 0.151. The van der Waals surface area contributed by atoms with Crippen LogP contribution in [0.5, 0.6) is 0 Å². The molecule has 60 valence electrons. The molecule has 0 aliphatic rings. The first-order valence-electron chi connectivity index (χ1n) is 2.64. The molecule has 0 amide bonds. The highest BCUT2D eigenvalue weighted by atomic mass is 79.9. The van der Waals surface area contributed by atoms with E-state index in [1.165, 1.54) is 6.92 Å². The van der Waals surface area contributed by atoms with Gasteiger partial charge in [0.1, 0.15) is 0 Å². The molecule has 10 heavy (non-hydrogen) atoms. The molecule has 0 N–H and O–H groups in total. The summed E-state index contributed by atoms with van der Waals surface area (Å²) in [6, 6.07) is 0. The quantitative estimate of drug-likeness (QED) is 0.651. The molecule has 0 fully saturated rings. The van der Waals surface area contributed by atoms with E-state index in [-0.39, 0.29) is 6.42 Å². The summed E-state index contributed by atoms with van der Waals surface area (Å²) in [5.74, 6) is -1.71. The number of hydrogen-bond donors (Lipinski definition) is 0. The van der Waals surface area contributed by atoms with E-state index in [1.54, 1.807) is 0 Å². The molecule has 0 spiro atoms. The van der Waals surface area contributed by atoms with Crippen LogP contribution in [0.1, 0.15) is 13.3 Å². The third kappa shape index (κ3) is 2.68. The average Bonchev–Trinajstić information content (AvgIpc) is 1.83. The van der Waals surface area contributed by atoms with E-state index in [1.807, 2.05) is 0 Å². The topological polar surface area (TPSA) is 17.1 Å². The molecule has 0 aromatic heterocycles. The van der Waals surface area contributed by atoms with Crippen molar-refractivity contribution in [3.05, 3.63) is 0 Å². The Bertz CT molecular complexity index is 131. The van der Waals surface area contributed by atoms with Crippen LogP contribution < -0.4 is 0 Å². The third-order valence-corrected chi connectivity index (χ3v) is 1.99. The molecule has 0 bridgehead atoms. The van der Waals surface area contributed by atoms with Gasteiger partial charge in [0.2, 0.25) is 5.78 Å². The predicted octanol–water partition coefficient (Wildman–Crippen LogP) is 2.29. The Morgan fingerprint density at radius 3 is 2.10 bits per heavy atom. The molecular formula is C5H6BrF3O. The summed E-state index contributed by atoms with van der Waals surface area (Å²) in [4.78, 5) is 9.13. The largest absolute Gasteiger partial charge is 0.451 e. The molecule has 1 nitrogen and oxygen atoms in total. The van der Waals surface area contributed by atoms with Crippen molar-refractivity contribution in [3.63, 3.8) is 0 Å². The fraction of sp³-hybridized carbons (Fsp3) is 0.800. The summed E-state index contributed by atoms with van der Waals surface area (Å²) in [7, 11) is 0. The van der Waals surface area contributed by atoms with Crippen molar-refractivity contribution in [3.8, 4) is 0 Å². The number of hydrogen-bond acceptors (Lipinski definition) is 1. The van der Waals surface area contributed by atoms with Gasteiger partial charge in [-0.25, -0.2) is 0 Å². The fourth-order valence-corrected chi connectivity index (χ4v) is 0.623. The van der Waals surface area contributed by atoms with Gasteiger partial charge in [-0.15, -0.1) is 0 Å². The zero-order valence-electron chi connectivity index (χ0n) is 5.20. The number of Topliss-reactive ketones (excluding diaryl/α,β-unsaturated/α-hetero) is 1. The summed E-state index contributed by atoms with van der Waals surface area (Å²) < 4.78 is 34.5. The Kier molecular flexibility index (Phi) is 3.35. The van der Waals surface area contributed by atoms with Crippen LogP contribution in [-0.4, -0.2) is 16.8 Å². The Labute approximate surface area is 64.7 Å². The molecule has 0 saturated heterocycles. The van der Waals surface area contributed by atoms with Crippen molar-refractivity contribution in [1.29, 1.82) is 0 Å². The Morgan fingerprint density at radius 1 is 1.60 bits per heavy atom. The highest BCUT2D eigenvalue weighted by Gasteiger charge is 2.41. The second-order valence-electron chi connectivity index (χ2n) is 1.74. The molecule has 0 unspecified atom stereocenters. The summed E-state index contributed by atoms with van der Waals surface area (Å²) in [5, 5.41) is 0. The lowest BCUT2D eigenvalue weighted by Gasteiger charge is -2.07. The van der Waals surface area contributed by atoms with Crippen LogP contribution in [0.15, 0.2) is 0 Å². The van der Waals surface area contributed by atoms with Crippen molar-refractivity contribution in [2.45, 2.75) is 24.3 Å². The van der Waals surface area contributed by atoms with Crippen LogP contribution in [0.25, 0.3) is 0 Å². The van der Waals surface area contributed by atoms with E-state index in [4.69, 9.17) is 0 Å². The first kappa shape index (κ1) is 9.94. The summed E-state index contributed by atoms with van der Waals surface area (Å²) in [5.41, 5.74) is 0. The maximum atomic E-state index is 11.5. The third-order valence-electron chi connectivity index (χ3n) is 0.922. The van der Waals surface area contributed by atoms with Crippen LogP contribution in [0.2, 0.25) is 0 Å². The number of halogens is 4. The van der Waals surface area contributed by atoms with Gasteiger partial charge in [-0.05, 0) is 6.42 Å². The normalized spacial score (nSPS) is 14.9. The molecular weight excluding hydrogens is 213 g/mol. The summed E-state index contributed by atoms with van der Waals surface area (Å²) in [6.07, 6.45) is -4.55. The van der Waals surface area contributed by atoms with E-state index in [0.29, 0.717) is 0 Å². The molecule has 0 heterocycles. The van der Waals surface area contributed by atoms with Gasteiger partial charge in [0, 0.05) is 0 Å². The van der Waals surface area contributed by atoms with Gasteiger partial charge in [-0.1, -0.05) is 22.9 Å². The average molecular weight is 219 g/mol. The van der Waals surface area contributed by atoms with Gasteiger partial charge in [-0.3, -0.25) is 4.79 Å². The number of carbonyl (C=O) groups is 1. The van der Waals surface area contributed by atoms with Gasteiger partial charge in [0.25, 0.3) is 0 Å². The molecule has 0 aliphatic heterocycles.